The number of nitrogens with zero attached hydrogens (tertiary/aromatic N) is 4. The average Bonchev–Trinajstić information content (AvgIpc) is 3.41. The Morgan fingerprint density at radius 1 is 1.18 bits per heavy atom. The number of rotatable bonds is 4. The maximum atomic E-state index is 13.0. The van der Waals surface area contributed by atoms with E-state index in [-0.39, 0.29) is 5.91 Å². The van der Waals surface area contributed by atoms with Gasteiger partial charge in [0.15, 0.2) is 0 Å². The Morgan fingerprint density at radius 2 is 2.06 bits per heavy atom. The minimum atomic E-state index is -1.10. The highest BCUT2D eigenvalue weighted by molar-refractivity contribution is 9.10. The van der Waals surface area contributed by atoms with Crippen LogP contribution in [0.2, 0.25) is 0 Å². The average molecular weight is 508 g/mol. The summed E-state index contributed by atoms with van der Waals surface area (Å²) in [4.78, 5) is 18.0. The van der Waals surface area contributed by atoms with Crippen LogP contribution in [-0.4, -0.2) is 49.0 Å². The molecule has 7 nitrogen and oxygen atoms in total. The molecule has 1 saturated heterocycles. The van der Waals surface area contributed by atoms with Gasteiger partial charge in [0.1, 0.15) is 11.3 Å². The molecule has 2 N–H and O–H groups in total. The van der Waals surface area contributed by atoms with Crippen LogP contribution in [0, 0.1) is 6.92 Å². The van der Waals surface area contributed by atoms with Crippen molar-refractivity contribution in [2.45, 2.75) is 38.2 Å². The normalized spacial score (nSPS) is 19.1. The van der Waals surface area contributed by atoms with E-state index in [1.165, 1.54) is 0 Å². The summed E-state index contributed by atoms with van der Waals surface area (Å²) in [6, 6.07) is 14.0. The smallest absolute Gasteiger partial charge is 0.226 e. The van der Waals surface area contributed by atoms with E-state index in [2.05, 4.69) is 37.3 Å². The van der Waals surface area contributed by atoms with Gasteiger partial charge in [0, 0.05) is 29.3 Å². The van der Waals surface area contributed by atoms with Gasteiger partial charge in [-0.2, -0.15) is 0 Å². The maximum absolute atomic E-state index is 13.0. The Labute approximate surface area is 200 Å². The molecule has 2 aromatic carbocycles. The number of carbonyl (C=O) groups is 1. The molecule has 0 saturated carbocycles. The molecule has 4 aromatic rings. The van der Waals surface area contributed by atoms with Gasteiger partial charge in [-0.25, -0.2) is 4.68 Å². The number of halogens is 1. The molecule has 0 spiro atoms. The van der Waals surface area contributed by atoms with Crippen LogP contribution in [0.25, 0.3) is 16.6 Å². The molecule has 0 radical (unpaired) electrons. The lowest BCUT2D eigenvalue weighted by Crippen LogP contribution is -2.34. The molecule has 1 amide bonds. The summed E-state index contributed by atoms with van der Waals surface area (Å²) in [6.45, 7) is 3.14. The number of hydrogen-bond acceptors (Lipinski definition) is 4. The van der Waals surface area contributed by atoms with Crippen molar-refractivity contribution in [3.05, 3.63) is 76.2 Å². The van der Waals surface area contributed by atoms with E-state index in [0.717, 1.165) is 32.2 Å². The number of aliphatic hydroxyl groups is 1. The number of carbonyl (C=O) groups excluding carboxylic acids is 1. The lowest BCUT2D eigenvalue weighted by atomic mass is 9.92. The standard InChI is InChI=1S/C25H26BrN5O2/c1-17-13-20(26)4-6-22(17)31-16-23(28-29-31)25(33)8-2-11-30(12-9-25)24(32)15-18-3-5-21-19(14-18)7-10-27-21/h3-7,10,13-14,16,27,33H,2,8-9,11-12,15H2,1H3. The highest BCUT2D eigenvalue weighted by atomic mass is 79.9. The highest BCUT2D eigenvalue weighted by Crippen LogP contribution is 2.32. The van der Waals surface area contributed by atoms with Crippen molar-refractivity contribution in [2.24, 2.45) is 0 Å². The van der Waals surface area contributed by atoms with Gasteiger partial charge in [-0.05, 0) is 79.1 Å². The van der Waals surface area contributed by atoms with E-state index in [9.17, 15) is 9.90 Å². The number of aryl methyl sites for hydroxylation is 1. The van der Waals surface area contributed by atoms with Crippen LogP contribution in [0.15, 0.2) is 59.3 Å². The number of amides is 1. The van der Waals surface area contributed by atoms with Crippen LogP contribution in [0.4, 0.5) is 0 Å². The third-order valence-electron chi connectivity index (χ3n) is 6.52. The summed E-state index contributed by atoms with van der Waals surface area (Å²) in [5, 5.41) is 21.1. The number of fused-ring (bicyclic) bond motifs is 1. The monoisotopic (exact) mass is 507 g/mol. The molecule has 3 heterocycles. The topological polar surface area (TPSA) is 87.0 Å². The van der Waals surface area contributed by atoms with Gasteiger partial charge in [0.2, 0.25) is 5.91 Å². The third kappa shape index (κ3) is 4.45. The van der Waals surface area contributed by atoms with Crippen molar-refractivity contribution in [2.75, 3.05) is 13.1 Å². The number of benzene rings is 2. The second kappa shape index (κ2) is 8.76. The first-order valence-corrected chi connectivity index (χ1v) is 12.0. The number of aromatic nitrogens is 4. The van der Waals surface area contributed by atoms with Crippen molar-refractivity contribution in [3.8, 4) is 5.69 Å². The van der Waals surface area contributed by atoms with Crippen LogP contribution < -0.4 is 0 Å². The first-order chi connectivity index (χ1) is 15.9. The van der Waals surface area contributed by atoms with Gasteiger partial charge >= 0.3 is 0 Å². The molecule has 33 heavy (non-hydrogen) atoms. The quantitative estimate of drug-likeness (QED) is 0.431. The summed E-state index contributed by atoms with van der Waals surface area (Å²) in [5.74, 6) is 0.0864. The molecule has 1 aliphatic rings. The predicted molar refractivity (Wildman–Crippen MR) is 130 cm³/mol. The van der Waals surface area contributed by atoms with Crippen molar-refractivity contribution < 1.29 is 9.90 Å². The molecule has 1 atom stereocenters. The number of likely N-dealkylation sites (tertiary alicyclic amines) is 1. The third-order valence-corrected chi connectivity index (χ3v) is 7.01. The fraction of sp³-hybridized carbons (Fsp3) is 0.320. The molecular weight excluding hydrogens is 482 g/mol. The minimum Gasteiger partial charge on any atom is -0.383 e. The second-order valence-corrected chi connectivity index (χ2v) is 9.74. The number of nitrogens with one attached hydrogen (secondary N) is 1. The first-order valence-electron chi connectivity index (χ1n) is 11.2. The Balaban J connectivity index is 1.28. The van der Waals surface area contributed by atoms with Crippen molar-refractivity contribution in [3.63, 3.8) is 0 Å². The number of hydrogen-bond donors (Lipinski definition) is 2. The van der Waals surface area contributed by atoms with Gasteiger partial charge in [-0.1, -0.05) is 27.2 Å². The van der Waals surface area contributed by atoms with Gasteiger partial charge in [-0.15, -0.1) is 5.10 Å². The fourth-order valence-electron chi connectivity index (χ4n) is 4.59. The predicted octanol–water partition coefficient (Wildman–Crippen LogP) is 4.26. The molecule has 0 aliphatic carbocycles. The summed E-state index contributed by atoms with van der Waals surface area (Å²) in [5.41, 5.74) is 3.50. The van der Waals surface area contributed by atoms with Gasteiger partial charge < -0.3 is 15.0 Å². The van der Waals surface area contributed by atoms with E-state index >= 15 is 0 Å². The van der Waals surface area contributed by atoms with Crippen LogP contribution in [0.5, 0.6) is 0 Å². The SMILES string of the molecule is Cc1cc(Br)ccc1-n1cc(C2(O)CCCN(C(=O)Cc3ccc4[nH]ccc4c3)CC2)nn1. The largest absolute Gasteiger partial charge is 0.383 e. The number of H-pyrrole nitrogens is 1. The summed E-state index contributed by atoms with van der Waals surface area (Å²) >= 11 is 3.48. The summed E-state index contributed by atoms with van der Waals surface area (Å²) < 4.78 is 2.71. The van der Waals surface area contributed by atoms with E-state index in [4.69, 9.17) is 0 Å². The summed E-state index contributed by atoms with van der Waals surface area (Å²) in [7, 11) is 0. The van der Waals surface area contributed by atoms with Crippen LogP contribution in [-0.2, 0) is 16.8 Å². The van der Waals surface area contributed by atoms with Gasteiger partial charge in [0.05, 0.1) is 18.3 Å². The zero-order valence-corrected chi connectivity index (χ0v) is 20.0. The molecule has 1 fully saturated rings. The molecule has 8 heteroatoms. The summed E-state index contributed by atoms with van der Waals surface area (Å²) in [6.07, 6.45) is 5.76. The van der Waals surface area contributed by atoms with Crippen LogP contribution in [0.3, 0.4) is 0 Å². The Morgan fingerprint density at radius 3 is 2.91 bits per heavy atom. The van der Waals surface area contributed by atoms with E-state index in [0.29, 0.717) is 44.5 Å². The van der Waals surface area contributed by atoms with Crippen molar-refractivity contribution in [1.82, 2.24) is 24.9 Å². The molecule has 2 aromatic heterocycles. The Bertz CT molecular complexity index is 1310. The maximum Gasteiger partial charge on any atom is 0.226 e. The highest BCUT2D eigenvalue weighted by Gasteiger charge is 2.36. The lowest BCUT2D eigenvalue weighted by Gasteiger charge is -2.24. The van der Waals surface area contributed by atoms with E-state index in [1.54, 1.807) is 10.9 Å². The zero-order valence-electron chi connectivity index (χ0n) is 18.5. The number of aromatic amines is 1. The zero-order chi connectivity index (χ0) is 23.0. The minimum absolute atomic E-state index is 0.0864. The molecule has 5 rings (SSSR count). The molecule has 0 bridgehead atoms. The lowest BCUT2D eigenvalue weighted by molar-refractivity contribution is -0.130. The van der Waals surface area contributed by atoms with E-state index < -0.39 is 5.60 Å². The second-order valence-electron chi connectivity index (χ2n) is 8.82. The Hall–Kier alpha value is -2.97. The Kier molecular flexibility index (Phi) is 5.80. The molecular formula is C25H26BrN5O2. The van der Waals surface area contributed by atoms with Gasteiger partial charge in [0.25, 0.3) is 0 Å². The van der Waals surface area contributed by atoms with Crippen LogP contribution >= 0.6 is 15.9 Å². The molecule has 1 unspecified atom stereocenters. The molecule has 170 valence electrons. The fourth-order valence-corrected chi connectivity index (χ4v) is 5.07. The van der Waals surface area contributed by atoms with E-state index in [1.807, 2.05) is 54.4 Å². The van der Waals surface area contributed by atoms with Gasteiger partial charge in [-0.3, -0.25) is 4.79 Å². The van der Waals surface area contributed by atoms with Crippen LogP contribution in [0.1, 0.15) is 36.1 Å². The van der Waals surface area contributed by atoms with Crippen molar-refractivity contribution in [1.29, 1.82) is 0 Å². The first kappa shape index (κ1) is 21.9. The van der Waals surface area contributed by atoms with Crippen molar-refractivity contribution >= 4 is 32.7 Å². The molecule has 1 aliphatic heterocycles.